The van der Waals surface area contributed by atoms with Gasteiger partial charge in [0, 0.05) is 11.4 Å². The molecular formula is C24H23NO4S. The van der Waals surface area contributed by atoms with Crippen molar-refractivity contribution in [3.63, 3.8) is 0 Å². The molecule has 3 aromatic rings. The van der Waals surface area contributed by atoms with E-state index < -0.39 is 11.2 Å². The summed E-state index contributed by atoms with van der Waals surface area (Å²) in [5, 5.41) is 2.59. The van der Waals surface area contributed by atoms with Crippen LogP contribution in [0, 0.1) is 0 Å². The summed E-state index contributed by atoms with van der Waals surface area (Å²) < 4.78 is 10.0. The van der Waals surface area contributed by atoms with E-state index in [1.807, 2.05) is 66.7 Å². The average Bonchev–Trinajstić information content (AvgIpc) is 2.81. The Morgan fingerprint density at radius 3 is 2.23 bits per heavy atom. The first kappa shape index (κ1) is 21.5. The number of rotatable bonds is 8. The van der Waals surface area contributed by atoms with Crippen LogP contribution in [0.2, 0.25) is 0 Å². The minimum atomic E-state index is -0.484. The lowest BCUT2D eigenvalue weighted by molar-refractivity contribution is -0.120. The second-order valence-electron chi connectivity index (χ2n) is 6.47. The average molecular weight is 422 g/mol. The summed E-state index contributed by atoms with van der Waals surface area (Å²) in [6, 6.07) is 24.7. The van der Waals surface area contributed by atoms with Crippen LogP contribution in [0.3, 0.4) is 0 Å². The van der Waals surface area contributed by atoms with Crippen molar-refractivity contribution in [2.45, 2.75) is 16.7 Å². The molecule has 0 spiro atoms. The van der Waals surface area contributed by atoms with Crippen LogP contribution in [-0.2, 0) is 16.1 Å². The Morgan fingerprint density at radius 1 is 0.933 bits per heavy atom. The van der Waals surface area contributed by atoms with Crippen molar-refractivity contribution in [1.82, 2.24) is 5.32 Å². The fraction of sp³-hybridized carbons (Fsp3) is 0.167. The number of nitrogens with one attached hydrogen (secondary N) is 1. The van der Waals surface area contributed by atoms with Gasteiger partial charge < -0.3 is 14.8 Å². The molecule has 0 fully saturated rings. The maximum absolute atomic E-state index is 13.1. The van der Waals surface area contributed by atoms with Crippen LogP contribution in [0.25, 0.3) is 0 Å². The summed E-state index contributed by atoms with van der Waals surface area (Å²) in [5.41, 5.74) is 2.03. The summed E-state index contributed by atoms with van der Waals surface area (Å²) in [5.74, 6) is -0.161. The monoisotopic (exact) mass is 421 g/mol. The molecule has 5 nitrogen and oxygen atoms in total. The smallest absolute Gasteiger partial charge is 0.341 e. The zero-order valence-corrected chi connectivity index (χ0v) is 17.6. The van der Waals surface area contributed by atoms with Crippen molar-refractivity contribution in [3.8, 4) is 5.75 Å². The Kier molecular flexibility index (Phi) is 7.51. The van der Waals surface area contributed by atoms with Crippen LogP contribution in [-0.4, -0.2) is 26.1 Å². The highest BCUT2D eigenvalue weighted by Crippen LogP contribution is 2.35. The lowest BCUT2D eigenvalue weighted by atomic mass is 10.1. The first-order valence-electron chi connectivity index (χ1n) is 9.42. The molecule has 1 atom stereocenters. The second kappa shape index (κ2) is 10.5. The van der Waals surface area contributed by atoms with Gasteiger partial charge in [-0.15, -0.1) is 11.8 Å². The van der Waals surface area contributed by atoms with E-state index in [1.165, 1.54) is 26.0 Å². The molecule has 30 heavy (non-hydrogen) atoms. The van der Waals surface area contributed by atoms with Gasteiger partial charge in [0.1, 0.15) is 16.6 Å². The largest absolute Gasteiger partial charge is 0.496 e. The van der Waals surface area contributed by atoms with Crippen LogP contribution >= 0.6 is 11.8 Å². The molecule has 0 radical (unpaired) electrons. The molecule has 0 heterocycles. The molecular weight excluding hydrogens is 398 g/mol. The molecule has 3 rings (SSSR count). The van der Waals surface area contributed by atoms with Gasteiger partial charge >= 0.3 is 5.97 Å². The van der Waals surface area contributed by atoms with Gasteiger partial charge in [-0.1, -0.05) is 54.6 Å². The maximum Gasteiger partial charge on any atom is 0.341 e. The first-order valence-corrected chi connectivity index (χ1v) is 10.3. The highest BCUT2D eigenvalue weighted by Gasteiger charge is 2.22. The molecule has 154 valence electrons. The quantitative estimate of drug-likeness (QED) is 0.424. The minimum Gasteiger partial charge on any atom is -0.496 e. The summed E-state index contributed by atoms with van der Waals surface area (Å²) >= 11 is 1.50. The standard InChI is InChI=1S/C24H23NO4S/c1-28-21-14-13-17(15-20(21)24(27)29-2)16-25-23(26)22(18-9-5-3-6-10-18)30-19-11-7-4-8-12-19/h3-15,22H,16H2,1-2H3,(H,25,26)/t22-/m1/s1. The Hall–Kier alpha value is -3.25. The van der Waals surface area contributed by atoms with Crippen LogP contribution < -0.4 is 10.1 Å². The summed E-state index contributed by atoms with van der Waals surface area (Å²) in [6.07, 6.45) is 0. The number of methoxy groups -OCH3 is 2. The van der Waals surface area contributed by atoms with E-state index in [-0.39, 0.29) is 12.5 Å². The van der Waals surface area contributed by atoms with Gasteiger partial charge in [-0.05, 0) is 35.4 Å². The van der Waals surface area contributed by atoms with Gasteiger partial charge in [0.05, 0.1) is 14.2 Å². The first-order chi connectivity index (χ1) is 14.6. The van der Waals surface area contributed by atoms with Crippen molar-refractivity contribution >= 4 is 23.6 Å². The third-order valence-electron chi connectivity index (χ3n) is 4.47. The molecule has 0 saturated carbocycles. The number of hydrogen-bond donors (Lipinski definition) is 1. The summed E-state index contributed by atoms with van der Waals surface area (Å²) in [6.45, 7) is 0.283. The third-order valence-corrected chi connectivity index (χ3v) is 5.74. The molecule has 0 saturated heterocycles. The van der Waals surface area contributed by atoms with E-state index in [1.54, 1.807) is 12.1 Å². The second-order valence-corrected chi connectivity index (χ2v) is 7.64. The number of carbonyl (C=O) groups is 2. The number of ether oxygens (including phenoxy) is 2. The van der Waals surface area contributed by atoms with Crippen molar-refractivity contribution in [1.29, 1.82) is 0 Å². The number of benzene rings is 3. The number of hydrogen-bond acceptors (Lipinski definition) is 5. The minimum absolute atomic E-state index is 0.106. The third kappa shape index (κ3) is 5.42. The Morgan fingerprint density at radius 2 is 1.60 bits per heavy atom. The van der Waals surface area contributed by atoms with E-state index in [2.05, 4.69) is 5.32 Å². The molecule has 0 unspecified atom stereocenters. The molecule has 0 aliphatic carbocycles. The van der Waals surface area contributed by atoms with Crippen molar-refractivity contribution < 1.29 is 19.1 Å². The zero-order chi connectivity index (χ0) is 21.3. The van der Waals surface area contributed by atoms with Crippen molar-refractivity contribution in [2.75, 3.05) is 14.2 Å². The number of amides is 1. The van der Waals surface area contributed by atoms with Gasteiger partial charge in [0.25, 0.3) is 0 Å². The molecule has 3 aromatic carbocycles. The molecule has 0 aliphatic heterocycles. The highest BCUT2D eigenvalue weighted by atomic mass is 32.2. The predicted octanol–water partition coefficient (Wildman–Crippen LogP) is 4.63. The SMILES string of the molecule is COC(=O)c1cc(CNC(=O)[C@H](Sc2ccccc2)c2ccccc2)ccc1OC. The van der Waals surface area contributed by atoms with E-state index in [0.717, 1.165) is 16.0 Å². The Balaban J connectivity index is 1.77. The summed E-state index contributed by atoms with van der Waals surface area (Å²) in [4.78, 5) is 26.1. The zero-order valence-electron chi connectivity index (χ0n) is 16.8. The number of esters is 1. The number of carbonyl (C=O) groups excluding carboxylic acids is 2. The van der Waals surface area contributed by atoms with E-state index >= 15 is 0 Å². The molecule has 0 aromatic heterocycles. The lowest BCUT2D eigenvalue weighted by Crippen LogP contribution is -2.27. The van der Waals surface area contributed by atoms with Gasteiger partial charge in [0.15, 0.2) is 0 Å². The van der Waals surface area contributed by atoms with Gasteiger partial charge in [0.2, 0.25) is 5.91 Å². The van der Waals surface area contributed by atoms with Gasteiger partial charge in [-0.3, -0.25) is 4.79 Å². The lowest BCUT2D eigenvalue weighted by Gasteiger charge is -2.17. The van der Waals surface area contributed by atoms with E-state index in [4.69, 9.17) is 9.47 Å². The normalized spacial score (nSPS) is 11.4. The molecule has 6 heteroatoms. The van der Waals surface area contributed by atoms with Gasteiger partial charge in [-0.2, -0.15) is 0 Å². The molecule has 0 bridgehead atoms. The van der Waals surface area contributed by atoms with Crippen molar-refractivity contribution in [3.05, 3.63) is 95.6 Å². The molecule has 0 aliphatic rings. The van der Waals surface area contributed by atoms with E-state index in [9.17, 15) is 9.59 Å². The summed E-state index contributed by atoms with van der Waals surface area (Å²) in [7, 11) is 2.82. The van der Waals surface area contributed by atoms with Crippen LogP contribution in [0.5, 0.6) is 5.75 Å². The highest BCUT2D eigenvalue weighted by molar-refractivity contribution is 8.00. The predicted molar refractivity (Wildman–Crippen MR) is 118 cm³/mol. The maximum atomic E-state index is 13.1. The topological polar surface area (TPSA) is 64.6 Å². The van der Waals surface area contributed by atoms with Gasteiger partial charge in [-0.25, -0.2) is 4.79 Å². The molecule has 1 N–H and O–H groups in total. The van der Waals surface area contributed by atoms with Crippen LogP contribution in [0.4, 0.5) is 0 Å². The Bertz CT molecular complexity index is 993. The molecule has 1 amide bonds. The Labute approximate surface area is 180 Å². The van der Waals surface area contributed by atoms with Crippen LogP contribution in [0.15, 0.2) is 83.8 Å². The number of thioether (sulfide) groups is 1. The van der Waals surface area contributed by atoms with E-state index in [0.29, 0.717) is 11.3 Å². The fourth-order valence-corrected chi connectivity index (χ4v) is 4.02. The van der Waals surface area contributed by atoms with Crippen molar-refractivity contribution in [2.24, 2.45) is 0 Å². The fourth-order valence-electron chi connectivity index (χ4n) is 2.95. The van der Waals surface area contributed by atoms with Crippen LogP contribution in [0.1, 0.15) is 26.7 Å².